The fourth-order valence-corrected chi connectivity index (χ4v) is 2.31. The van der Waals surface area contributed by atoms with E-state index in [9.17, 15) is 0 Å². The molecule has 22 heavy (non-hydrogen) atoms. The highest BCUT2D eigenvalue weighted by Gasteiger charge is 2.14. The van der Waals surface area contributed by atoms with Gasteiger partial charge in [-0.15, -0.1) is 0 Å². The highest BCUT2D eigenvalue weighted by molar-refractivity contribution is 6.34. The molecule has 2 N–H and O–H groups in total. The van der Waals surface area contributed by atoms with Crippen molar-refractivity contribution in [3.05, 3.63) is 28.6 Å². The Kier molecular flexibility index (Phi) is 3.91. The molecule has 7 nitrogen and oxygen atoms in total. The van der Waals surface area contributed by atoms with Gasteiger partial charge in [0.25, 0.3) is 0 Å². The highest BCUT2D eigenvalue weighted by Crippen LogP contribution is 2.28. The summed E-state index contributed by atoms with van der Waals surface area (Å²) in [4.78, 5) is 20.7. The Morgan fingerprint density at radius 1 is 1.14 bits per heavy atom. The molecule has 3 heterocycles. The quantitative estimate of drug-likeness (QED) is 0.734. The van der Waals surface area contributed by atoms with Crippen molar-refractivity contribution < 1.29 is 4.74 Å². The fraction of sp³-hybridized carbons (Fsp3) is 0.154. The lowest BCUT2D eigenvalue weighted by Crippen LogP contribution is -2.04. The van der Waals surface area contributed by atoms with Gasteiger partial charge in [-0.05, 0) is 19.1 Å². The summed E-state index contributed by atoms with van der Waals surface area (Å²) >= 11 is 11.9. The van der Waals surface area contributed by atoms with E-state index in [4.69, 9.17) is 33.7 Å². The Morgan fingerprint density at radius 2 is 1.95 bits per heavy atom. The maximum Gasteiger partial charge on any atom is 0.247 e. The van der Waals surface area contributed by atoms with E-state index < -0.39 is 0 Å². The minimum Gasteiger partial charge on any atom is -0.476 e. The number of hydrogen-bond donors (Lipinski definition) is 1. The van der Waals surface area contributed by atoms with Crippen molar-refractivity contribution in [2.24, 2.45) is 0 Å². The van der Waals surface area contributed by atoms with Crippen LogP contribution in [0.1, 0.15) is 6.92 Å². The average molecular weight is 337 g/mol. The molecule has 0 aromatic carbocycles. The number of aromatic nitrogens is 5. The molecule has 3 aromatic rings. The van der Waals surface area contributed by atoms with Crippen LogP contribution in [-0.4, -0.2) is 31.5 Å². The van der Waals surface area contributed by atoms with Crippen molar-refractivity contribution in [2.75, 3.05) is 12.3 Å². The number of ether oxygens (including phenoxy) is 1. The SMILES string of the molecule is CCOc1nc(N)nc2ncc(-c3ccc(Cl)nc3Cl)nc12. The fourth-order valence-electron chi connectivity index (χ4n) is 1.87. The summed E-state index contributed by atoms with van der Waals surface area (Å²) in [6.07, 6.45) is 1.53. The number of fused-ring (bicyclic) bond motifs is 1. The molecule has 112 valence electrons. The zero-order chi connectivity index (χ0) is 15.7. The van der Waals surface area contributed by atoms with Crippen LogP contribution in [-0.2, 0) is 0 Å². The van der Waals surface area contributed by atoms with Crippen LogP contribution in [0.15, 0.2) is 18.3 Å². The molecule has 0 atom stereocenters. The van der Waals surface area contributed by atoms with E-state index in [1.807, 2.05) is 6.92 Å². The molecule has 0 amide bonds. The number of nitrogens with zero attached hydrogens (tertiary/aromatic N) is 5. The van der Waals surface area contributed by atoms with Gasteiger partial charge in [-0.25, -0.2) is 15.0 Å². The maximum absolute atomic E-state index is 6.10. The second-order valence-electron chi connectivity index (χ2n) is 4.22. The van der Waals surface area contributed by atoms with Gasteiger partial charge in [-0.3, -0.25) is 0 Å². The lowest BCUT2D eigenvalue weighted by Gasteiger charge is -2.08. The molecule has 0 bridgehead atoms. The van der Waals surface area contributed by atoms with Crippen LogP contribution in [0.25, 0.3) is 22.4 Å². The number of pyridine rings is 1. The van der Waals surface area contributed by atoms with E-state index in [1.165, 1.54) is 6.20 Å². The number of rotatable bonds is 3. The predicted octanol–water partition coefficient (Wildman–Crippen LogP) is 2.77. The Morgan fingerprint density at radius 3 is 2.68 bits per heavy atom. The molecule has 0 fully saturated rings. The number of halogens is 2. The average Bonchev–Trinajstić information content (AvgIpc) is 2.47. The van der Waals surface area contributed by atoms with Crippen LogP contribution >= 0.6 is 23.2 Å². The van der Waals surface area contributed by atoms with Gasteiger partial charge in [0.15, 0.2) is 11.2 Å². The highest BCUT2D eigenvalue weighted by atomic mass is 35.5. The van der Waals surface area contributed by atoms with Crippen molar-refractivity contribution in [3.8, 4) is 17.1 Å². The van der Waals surface area contributed by atoms with Crippen LogP contribution in [0.2, 0.25) is 10.3 Å². The molecule has 0 radical (unpaired) electrons. The first-order valence-corrected chi connectivity index (χ1v) is 7.09. The molecule has 0 saturated heterocycles. The van der Waals surface area contributed by atoms with Crippen molar-refractivity contribution in [1.82, 2.24) is 24.9 Å². The Balaban J connectivity index is 2.20. The van der Waals surface area contributed by atoms with Gasteiger partial charge in [0.05, 0.1) is 18.5 Å². The standard InChI is InChI=1S/C13H10Cl2N6O/c1-2-22-12-9-11(20-13(16)21-12)17-5-7(18-9)6-3-4-8(14)19-10(6)15/h3-5H,2H2,1H3,(H2,16,17,20,21). The molecule has 0 spiro atoms. The van der Waals surface area contributed by atoms with Gasteiger partial charge in [0.1, 0.15) is 10.3 Å². The summed E-state index contributed by atoms with van der Waals surface area (Å²) in [5.74, 6) is 0.349. The third kappa shape index (κ3) is 2.72. The van der Waals surface area contributed by atoms with Crippen molar-refractivity contribution in [3.63, 3.8) is 0 Å². The maximum atomic E-state index is 6.10. The van der Waals surface area contributed by atoms with Crippen LogP contribution in [0, 0.1) is 0 Å². The van der Waals surface area contributed by atoms with Gasteiger partial charge in [0.2, 0.25) is 11.8 Å². The zero-order valence-electron chi connectivity index (χ0n) is 11.4. The first kappa shape index (κ1) is 14.7. The van der Waals surface area contributed by atoms with E-state index in [2.05, 4.69) is 24.9 Å². The van der Waals surface area contributed by atoms with E-state index in [0.29, 0.717) is 34.2 Å². The zero-order valence-corrected chi connectivity index (χ0v) is 12.9. The smallest absolute Gasteiger partial charge is 0.247 e. The minimum absolute atomic E-state index is 0.0733. The predicted molar refractivity (Wildman–Crippen MR) is 84.0 cm³/mol. The molecule has 0 aliphatic rings. The monoisotopic (exact) mass is 336 g/mol. The lowest BCUT2D eigenvalue weighted by molar-refractivity contribution is 0.330. The summed E-state index contributed by atoms with van der Waals surface area (Å²) < 4.78 is 5.44. The molecule has 3 rings (SSSR count). The van der Waals surface area contributed by atoms with Gasteiger partial charge < -0.3 is 10.5 Å². The summed E-state index contributed by atoms with van der Waals surface area (Å²) in [5.41, 5.74) is 7.48. The van der Waals surface area contributed by atoms with Crippen LogP contribution in [0.3, 0.4) is 0 Å². The third-order valence-electron chi connectivity index (χ3n) is 2.76. The van der Waals surface area contributed by atoms with Crippen LogP contribution in [0.4, 0.5) is 5.95 Å². The summed E-state index contributed by atoms with van der Waals surface area (Å²) in [7, 11) is 0. The van der Waals surface area contributed by atoms with Crippen molar-refractivity contribution in [2.45, 2.75) is 6.92 Å². The third-order valence-corrected chi connectivity index (χ3v) is 3.26. The normalized spacial score (nSPS) is 10.9. The lowest BCUT2D eigenvalue weighted by atomic mass is 10.2. The topological polar surface area (TPSA) is 99.7 Å². The van der Waals surface area contributed by atoms with E-state index in [1.54, 1.807) is 12.1 Å². The second-order valence-corrected chi connectivity index (χ2v) is 4.97. The number of nitrogen functional groups attached to an aromatic ring is 1. The van der Waals surface area contributed by atoms with Crippen LogP contribution in [0.5, 0.6) is 5.88 Å². The Hall–Kier alpha value is -2.25. The number of anilines is 1. The molecule has 0 aliphatic carbocycles. The largest absolute Gasteiger partial charge is 0.476 e. The first-order valence-electron chi connectivity index (χ1n) is 6.34. The van der Waals surface area contributed by atoms with Gasteiger partial charge in [0, 0.05) is 5.56 Å². The Labute approximate surface area is 135 Å². The van der Waals surface area contributed by atoms with Gasteiger partial charge in [-0.1, -0.05) is 23.2 Å². The molecule has 0 unspecified atom stereocenters. The first-order chi connectivity index (χ1) is 10.6. The molecule has 0 aliphatic heterocycles. The molecule has 0 saturated carbocycles. The van der Waals surface area contributed by atoms with Crippen molar-refractivity contribution >= 4 is 40.3 Å². The summed E-state index contributed by atoms with van der Waals surface area (Å²) in [5, 5.41) is 0.532. The van der Waals surface area contributed by atoms with Gasteiger partial charge >= 0.3 is 0 Å². The molecular formula is C13H10Cl2N6O. The van der Waals surface area contributed by atoms with E-state index >= 15 is 0 Å². The number of nitrogens with two attached hydrogens (primary N) is 1. The molecular weight excluding hydrogens is 327 g/mol. The summed E-state index contributed by atoms with van der Waals surface area (Å²) in [6.45, 7) is 2.25. The number of hydrogen-bond acceptors (Lipinski definition) is 7. The van der Waals surface area contributed by atoms with E-state index in [-0.39, 0.29) is 17.0 Å². The van der Waals surface area contributed by atoms with Crippen LogP contribution < -0.4 is 10.5 Å². The molecule has 9 heteroatoms. The van der Waals surface area contributed by atoms with Gasteiger partial charge in [-0.2, -0.15) is 9.97 Å². The molecule has 3 aromatic heterocycles. The second kappa shape index (κ2) is 5.86. The minimum atomic E-state index is 0.0733. The summed E-state index contributed by atoms with van der Waals surface area (Å²) in [6, 6.07) is 3.34. The Bertz CT molecular complexity index is 857. The van der Waals surface area contributed by atoms with E-state index in [0.717, 1.165) is 0 Å². The van der Waals surface area contributed by atoms with Crippen molar-refractivity contribution in [1.29, 1.82) is 0 Å².